The Morgan fingerprint density at radius 3 is 2.05 bits per heavy atom. The Kier molecular flexibility index (Phi) is 9.39. The van der Waals surface area contributed by atoms with E-state index in [0.717, 1.165) is 25.8 Å². The Hall–Kier alpha value is -0.330. The minimum absolute atomic E-state index is 0.00955. The van der Waals surface area contributed by atoms with Gasteiger partial charge in [0.05, 0.1) is 6.61 Å². The number of likely N-dealkylation sites (N-methyl/N-ethyl adjacent to an activating group) is 1. The number of alkyl halides is 3. The minimum Gasteiger partial charge on any atom is -0.394 e. The second kappa shape index (κ2) is 9.55. The summed E-state index contributed by atoms with van der Waals surface area (Å²) in [6, 6.07) is 0. The molecular formula is C13H26F3NO2. The molecule has 0 saturated heterocycles. The third kappa shape index (κ3) is 9.24. The molecule has 0 aromatic heterocycles. The molecule has 0 spiro atoms. The molecule has 0 aliphatic heterocycles. The third-order valence-electron chi connectivity index (χ3n) is 3.22. The zero-order chi connectivity index (χ0) is 14.8. The molecule has 3 nitrogen and oxygen atoms in total. The number of hydrogen-bond acceptors (Lipinski definition) is 3. The summed E-state index contributed by atoms with van der Waals surface area (Å²) >= 11 is 0. The largest absolute Gasteiger partial charge is 0.394 e. The monoisotopic (exact) mass is 285 g/mol. The van der Waals surface area contributed by atoms with E-state index >= 15 is 0 Å². The highest BCUT2D eigenvalue weighted by molar-refractivity contribution is 4.85. The maximum atomic E-state index is 11.9. The number of ether oxygens (including phenoxy) is 1. The number of hydrogen-bond donors (Lipinski definition) is 2. The normalized spacial score (nSPS) is 15.5. The van der Waals surface area contributed by atoms with Crippen molar-refractivity contribution < 1.29 is 23.0 Å². The van der Waals surface area contributed by atoms with Crippen LogP contribution in [0.15, 0.2) is 0 Å². The first-order chi connectivity index (χ1) is 8.89. The third-order valence-corrected chi connectivity index (χ3v) is 3.22. The van der Waals surface area contributed by atoms with E-state index in [4.69, 9.17) is 4.74 Å². The van der Waals surface area contributed by atoms with Gasteiger partial charge in [-0.25, -0.2) is 0 Å². The highest BCUT2D eigenvalue weighted by Crippen LogP contribution is 2.21. The fourth-order valence-electron chi connectivity index (χ4n) is 2.00. The lowest BCUT2D eigenvalue weighted by atomic mass is 9.91. The van der Waals surface area contributed by atoms with Gasteiger partial charge in [0, 0.05) is 25.2 Å². The quantitative estimate of drug-likeness (QED) is 0.574. The van der Waals surface area contributed by atoms with Crippen LogP contribution in [-0.2, 0) is 4.74 Å². The smallest absolute Gasteiger partial charge is 0.389 e. The summed E-state index contributed by atoms with van der Waals surface area (Å²) in [6.07, 6.45) is -2.58. The van der Waals surface area contributed by atoms with Gasteiger partial charge in [-0.15, -0.1) is 0 Å². The van der Waals surface area contributed by atoms with E-state index in [-0.39, 0.29) is 25.2 Å². The van der Waals surface area contributed by atoms with Gasteiger partial charge in [-0.1, -0.05) is 13.8 Å². The predicted octanol–water partition coefficient (Wildman–Crippen LogP) is 2.88. The summed E-state index contributed by atoms with van der Waals surface area (Å²) in [5.41, 5.74) is -0.288. The average molecular weight is 285 g/mol. The Balaban J connectivity index is 3.66. The Morgan fingerprint density at radius 2 is 1.63 bits per heavy atom. The van der Waals surface area contributed by atoms with E-state index < -0.39 is 12.6 Å². The number of aliphatic hydroxyl groups is 1. The minimum atomic E-state index is -4.09. The van der Waals surface area contributed by atoms with Crippen molar-refractivity contribution in [2.24, 2.45) is 0 Å². The van der Waals surface area contributed by atoms with Crippen LogP contribution in [0, 0.1) is 0 Å². The molecule has 0 rings (SSSR count). The first kappa shape index (κ1) is 18.7. The van der Waals surface area contributed by atoms with Gasteiger partial charge in [-0.05, 0) is 32.2 Å². The van der Waals surface area contributed by atoms with Crippen molar-refractivity contribution in [1.82, 2.24) is 5.32 Å². The second-order valence-electron chi connectivity index (χ2n) is 4.76. The molecular weight excluding hydrogens is 259 g/mol. The maximum Gasteiger partial charge on any atom is 0.389 e. The highest BCUT2D eigenvalue weighted by atomic mass is 19.4. The summed E-state index contributed by atoms with van der Waals surface area (Å²) in [6.45, 7) is 5.40. The molecule has 19 heavy (non-hydrogen) atoms. The van der Waals surface area contributed by atoms with E-state index in [1.54, 1.807) is 0 Å². The topological polar surface area (TPSA) is 41.5 Å². The second-order valence-corrected chi connectivity index (χ2v) is 4.76. The van der Waals surface area contributed by atoms with E-state index in [2.05, 4.69) is 5.32 Å². The predicted molar refractivity (Wildman–Crippen MR) is 69.1 cm³/mol. The van der Waals surface area contributed by atoms with Crippen molar-refractivity contribution in [2.45, 2.75) is 57.7 Å². The number of aliphatic hydroxyl groups excluding tert-OH is 1. The molecule has 0 fully saturated rings. The van der Waals surface area contributed by atoms with Crippen LogP contribution in [0.3, 0.4) is 0 Å². The van der Waals surface area contributed by atoms with Crippen LogP contribution in [0.25, 0.3) is 0 Å². The lowest BCUT2D eigenvalue weighted by Crippen LogP contribution is -2.48. The summed E-state index contributed by atoms with van der Waals surface area (Å²) in [5.74, 6) is 0. The van der Waals surface area contributed by atoms with E-state index in [9.17, 15) is 18.3 Å². The zero-order valence-corrected chi connectivity index (χ0v) is 11.9. The Morgan fingerprint density at radius 1 is 1.05 bits per heavy atom. The fraction of sp³-hybridized carbons (Fsp3) is 1.00. The Labute approximate surface area is 113 Å². The van der Waals surface area contributed by atoms with Crippen LogP contribution < -0.4 is 5.32 Å². The van der Waals surface area contributed by atoms with Crippen LogP contribution in [0.2, 0.25) is 0 Å². The standard InChI is InChI=1S/C13H26F3NO2/c1-3-12(11-18,17-4-2)7-5-9-19-10-6-8-13(14,15)16/h17-18H,3-11H2,1-2H3. The number of nitrogens with one attached hydrogen (secondary N) is 1. The number of halogens is 3. The molecule has 0 aliphatic carbocycles. The van der Waals surface area contributed by atoms with Gasteiger partial charge in [-0.3, -0.25) is 0 Å². The molecule has 0 aliphatic rings. The molecule has 0 aromatic carbocycles. The fourth-order valence-corrected chi connectivity index (χ4v) is 2.00. The molecule has 0 amide bonds. The molecule has 6 heteroatoms. The van der Waals surface area contributed by atoms with E-state index in [1.165, 1.54) is 0 Å². The molecule has 0 heterocycles. The van der Waals surface area contributed by atoms with Crippen molar-refractivity contribution in [2.75, 3.05) is 26.4 Å². The van der Waals surface area contributed by atoms with E-state index in [1.807, 2.05) is 13.8 Å². The van der Waals surface area contributed by atoms with Crippen molar-refractivity contribution in [3.63, 3.8) is 0 Å². The lowest BCUT2D eigenvalue weighted by Gasteiger charge is -2.31. The van der Waals surface area contributed by atoms with Crippen molar-refractivity contribution in [1.29, 1.82) is 0 Å². The van der Waals surface area contributed by atoms with Crippen LogP contribution >= 0.6 is 0 Å². The van der Waals surface area contributed by atoms with E-state index in [0.29, 0.717) is 6.61 Å². The van der Waals surface area contributed by atoms with Crippen LogP contribution in [0.4, 0.5) is 13.2 Å². The van der Waals surface area contributed by atoms with Gasteiger partial charge in [-0.2, -0.15) is 13.2 Å². The molecule has 116 valence electrons. The Bertz CT molecular complexity index is 218. The van der Waals surface area contributed by atoms with Gasteiger partial charge < -0.3 is 15.2 Å². The van der Waals surface area contributed by atoms with Crippen LogP contribution in [0.1, 0.15) is 46.0 Å². The molecule has 0 aromatic rings. The summed E-state index contributed by atoms with van der Waals surface area (Å²) in [7, 11) is 0. The molecule has 1 atom stereocenters. The summed E-state index contributed by atoms with van der Waals surface area (Å²) in [5, 5.41) is 12.7. The first-order valence-electron chi connectivity index (χ1n) is 6.89. The first-order valence-corrected chi connectivity index (χ1v) is 6.89. The van der Waals surface area contributed by atoms with Gasteiger partial charge in [0.15, 0.2) is 0 Å². The maximum absolute atomic E-state index is 11.9. The highest BCUT2D eigenvalue weighted by Gasteiger charge is 2.26. The summed E-state index contributed by atoms with van der Waals surface area (Å²) in [4.78, 5) is 0. The molecule has 1 unspecified atom stereocenters. The van der Waals surface area contributed by atoms with Gasteiger partial charge in [0.25, 0.3) is 0 Å². The molecule has 0 bridgehead atoms. The SMILES string of the molecule is CCNC(CC)(CO)CCCOCCCC(F)(F)F. The molecule has 0 radical (unpaired) electrons. The van der Waals surface area contributed by atoms with Crippen molar-refractivity contribution >= 4 is 0 Å². The van der Waals surface area contributed by atoms with Crippen molar-refractivity contribution in [3.05, 3.63) is 0 Å². The molecule has 2 N–H and O–H groups in total. The summed E-state index contributed by atoms with van der Waals surface area (Å²) < 4.78 is 40.8. The van der Waals surface area contributed by atoms with Gasteiger partial charge in [0.2, 0.25) is 0 Å². The number of rotatable bonds is 11. The lowest BCUT2D eigenvalue weighted by molar-refractivity contribution is -0.137. The average Bonchev–Trinajstić information content (AvgIpc) is 2.35. The zero-order valence-electron chi connectivity index (χ0n) is 11.9. The van der Waals surface area contributed by atoms with Crippen LogP contribution in [0.5, 0.6) is 0 Å². The van der Waals surface area contributed by atoms with Gasteiger partial charge >= 0.3 is 6.18 Å². The molecule has 0 saturated carbocycles. The van der Waals surface area contributed by atoms with Crippen molar-refractivity contribution in [3.8, 4) is 0 Å². The van der Waals surface area contributed by atoms with Crippen LogP contribution in [-0.4, -0.2) is 43.2 Å². The van der Waals surface area contributed by atoms with Gasteiger partial charge in [0.1, 0.15) is 0 Å².